The maximum absolute atomic E-state index is 13.1. The number of nitrogens with two attached hydrogens (primary N) is 1. The fourth-order valence-electron chi connectivity index (χ4n) is 4.24. The molecule has 1 aromatic rings. The first-order valence-corrected chi connectivity index (χ1v) is 10.5. The summed E-state index contributed by atoms with van der Waals surface area (Å²) >= 11 is 0. The number of nitrogens with one attached hydrogen (secondary N) is 2. The number of rotatable bonds is 5. The predicted molar refractivity (Wildman–Crippen MR) is 112 cm³/mol. The van der Waals surface area contributed by atoms with Crippen LogP contribution < -0.4 is 21.3 Å². The molecule has 0 spiro atoms. The van der Waals surface area contributed by atoms with Crippen molar-refractivity contribution in [2.75, 3.05) is 44.7 Å². The summed E-state index contributed by atoms with van der Waals surface area (Å²) in [5.74, 6) is -0.756. The molecule has 2 aliphatic heterocycles. The van der Waals surface area contributed by atoms with E-state index in [2.05, 4.69) is 25.4 Å². The van der Waals surface area contributed by atoms with Crippen molar-refractivity contribution in [3.8, 4) is 0 Å². The molecule has 4 N–H and O–H groups in total. The average molecular weight is 422 g/mol. The van der Waals surface area contributed by atoms with E-state index in [4.69, 9.17) is 5.73 Å². The maximum Gasteiger partial charge on any atom is 0.421 e. The topological polar surface area (TPSA) is 68.9 Å². The lowest BCUT2D eigenvalue weighted by atomic mass is 9.85. The van der Waals surface area contributed by atoms with Gasteiger partial charge >= 0.3 is 6.18 Å². The van der Waals surface area contributed by atoms with Crippen molar-refractivity contribution in [1.29, 1.82) is 0 Å². The largest absolute Gasteiger partial charge is 0.421 e. The number of anilines is 1. The minimum atomic E-state index is -4.51. The highest BCUT2D eigenvalue weighted by atomic mass is 19.4. The Hall–Kier alpha value is -2.26. The van der Waals surface area contributed by atoms with Gasteiger partial charge in [-0.2, -0.15) is 13.2 Å². The second-order valence-electron chi connectivity index (χ2n) is 8.32. The fourth-order valence-corrected chi connectivity index (χ4v) is 4.24. The molecule has 0 radical (unpaired) electrons. The van der Waals surface area contributed by atoms with E-state index in [1.54, 1.807) is 0 Å². The first-order chi connectivity index (χ1) is 14.3. The van der Waals surface area contributed by atoms with Crippen LogP contribution in [-0.2, 0) is 5.79 Å². The predicted octanol–water partition coefficient (Wildman–Crippen LogP) is 2.34. The Bertz CT molecular complexity index is 807. The summed E-state index contributed by atoms with van der Waals surface area (Å²) in [7, 11) is 1.42. The van der Waals surface area contributed by atoms with Crippen molar-refractivity contribution in [3.05, 3.63) is 41.2 Å². The van der Waals surface area contributed by atoms with E-state index in [0.717, 1.165) is 44.0 Å². The van der Waals surface area contributed by atoms with Gasteiger partial charge in [-0.25, -0.2) is 4.99 Å². The smallest absolute Gasteiger partial charge is 0.374 e. The van der Waals surface area contributed by atoms with Gasteiger partial charge in [0.05, 0.1) is 0 Å². The lowest BCUT2D eigenvalue weighted by Gasteiger charge is -2.39. The molecule has 1 saturated heterocycles. The van der Waals surface area contributed by atoms with Gasteiger partial charge in [0.15, 0.2) is 0 Å². The van der Waals surface area contributed by atoms with Crippen molar-refractivity contribution in [2.24, 2.45) is 16.6 Å². The van der Waals surface area contributed by atoms with Crippen LogP contribution in [0.2, 0.25) is 0 Å². The Morgan fingerprint density at radius 2 is 1.83 bits per heavy atom. The van der Waals surface area contributed by atoms with Crippen LogP contribution in [0.5, 0.6) is 0 Å². The Morgan fingerprint density at radius 3 is 2.37 bits per heavy atom. The van der Waals surface area contributed by atoms with Crippen LogP contribution in [0.3, 0.4) is 0 Å². The zero-order valence-electron chi connectivity index (χ0n) is 17.2. The standard InChI is InChI=1S/C21H29F3N6/c1-26-19-18(20(22,23)24)13-27-21(25,28-19)16-5-7-17(8-6-16)30-11-9-29(10-12-30)14-15-3-2-4-15/h5-8,13,15,26,28H,2-4,9-12,14,25H2,1H3. The number of aliphatic imine (C=N–C) groups is 1. The number of benzene rings is 1. The van der Waals surface area contributed by atoms with Crippen molar-refractivity contribution in [3.63, 3.8) is 0 Å². The van der Waals surface area contributed by atoms with Crippen LogP contribution >= 0.6 is 0 Å². The molecule has 2 heterocycles. The molecule has 1 aliphatic carbocycles. The monoisotopic (exact) mass is 422 g/mol. The minimum absolute atomic E-state index is 0.188. The third-order valence-corrected chi connectivity index (χ3v) is 6.32. The van der Waals surface area contributed by atoms with E-state index >= 15 is 0 Å². The van der Waals surface area contributed by atoms with E-state index in [9.17, 15) is 13.2 Å². The quantitative estimate of drug-likeness (QED) is 0.680. The van der Waals surface area contributed by atoms with Gasteiger partial charge in [0.1, 0.15) is 11.4 Å². The molecule has 0 amide bonds. The first kappa shape index (κ1) is 21.0. The third-order valence-electron chi connectivity index (χ3n) is 6.32. The van der Waals surface area contributed by atoms with Gasteiger partial charge in [-0.05, 0) is 30.9 Å². The van der Waals surface area contributed by atoms with Crippen molar-refractivity contribution >= 4 is 11.9 Å². The number of halogens is 3. The summed E-state index contributed by atoms with van der Waals surface area (Å²) in [5, 5.41) is 5.23. The minimum Gasteiger partial charge on any atom is -0.374 e. The van der Waals surface area contributed by atoms with Crippen LogP contribution in [-0.4, -0.2) is 57.1 Å². The number of hydrogen-bond donors (Lipinski definition) is 3. The van der Waals surface area contributed by atoms with E-state index in [-0.39, 0.29) is 5.82 Å². The van der Waals surface area contributed by atoms with Crippen LogP contribution in [0.25, 0.3) is 0 Å². The van der Waals surface area contributed by atoms with Gasteiger partial charge in [-0.15, -0.1) is 0 Å². The van der Waals surface area contributed by atoms with Gasteiger partial charge in [0.2, 0.25) is 5.79 Å². The number of hydrogen-bond acceptors (Lipinski definition) is 6. The summed E-state index contributed by atoms with van der Waals surface area (Å²) < 4.78 is 39.4. The molecule has 0 bridgehead atoms. The van der Waals surface area contributed by atoms with Crippen LogP contribution in [0, 0.1) is 5.92 Å². The summed E-state index contributed by atoms with van der Waals surface area (Å²) in [5.41, 5.74) is 7.11. The molecule has 6 nitrogen and oxygen atoms in total. The second kappa shape index (κ2) is 8.11. The maximum atomic E-state index is 13.1. The second-order valence-corrected chi connectivity index (χ2v) is 8.32. The molecular formula is C21H29F3N6. The highest BCUT2D eigenvalue weighted by Crippen LogP contribution is 2.32. The number of alkyl halides is 3. The third kappa shape index (κ3) is 4.27. The molecule has 3 aliphatic rings. The molecule has 30 heavy (non-hydrogen) atoms. The van der Waals surface area contributed by atoms with Crippen molar-refractivity contribution in [2.45, 2.75) is 31.2 Å². The summed E-state index contributed by atoms with van der Waals surface area (Å²) in [6, 6.07) is 7.58. The normalized spacial score (nSPS) is 25.8. The molecule has 1 aromatic carbocycles. The number of piperazine rings is 1. The van der Waals surface area contributed by atoms with Crippen molar-refractivity contribution in [1.82, 2.24) is 15.5 Å². The van der Waals surface area contributed by atoms with Crippen LogP contribution in [0.4, 0.5) is 18.9 Å². The zero-order valence-corrected chi connectivity index (χ0v) is 17.2. The highest BCUT2D eigenvalue weighted by molar-refractivity contribution is 5.82. The Kier molecular flexibility index (Phi) is 5.67. The molecule has 2 fully saturated rings. The molecule has 4 rings (SSSR count). The molecular weight excluding hydrogens is 393 g/mol. The van der Waals surface area contributed by atoms with Gasteiger partial charge in [0.25, 0.3) is 0 Å². The lowest BCUT2D eigenvalue weighted by molar-refractivity contribution is -0.0875. The first-order valence-electron chi connectivity index (χ1n) is 10.5. The van der Waals surface area contributed by atoms with Gasteiger partial charge in [-0.1, -0.05) is 18.6 Å². The Morgan fingerprint density at radius 1 is 1.17 bits per heavy atom. The van der Waals surface area contributed by atoms with E-state index in [0.29, 0.717) is 5.56 Å². The Balaban J connectivity index is 1.40. The average Bonchev–Trinajstić information content (AvgIpc) is 2.70. The molecule has 164 valence electrons. The van der Waals surface area contributed by atoms with E-state index < -0.39 is 17.5 Å². The van der Waals surface area contributed by atoms with Crippen LogP contribution in [0.15, 0.2) is 40.7 Å². The molecule has 1 saturated carbocycles. The summed E-state index contributed by atoms with van der Waals surface area (Å²) in [6.07, 6.45) is 0.391. The fraction of sp³-hybridized carbons (Fsp3) is 0.571. The highest BCUT2D eigenvalue weighted by Gasteiger charge is 2.41. The molecule has 1 unspecified atom stereocenters. The molecule has 1 atom stereocenters. The van der Waals surface area contributed by atoms with E-state index in [1.165, 1.54) is 32.9 Å². The van der Waals surface area contributed by atoms with Gasteiger partial charge in [-0.3, -0.25) is 10.6 Å². The number of nitrogens with zero attached hydrogens (tertiary/aromatic N) is 3. The van der Waals surface area contributed by atoms with E-state index in [1.807, 2.05) is 24.3 Å². The Labute approximate surface area is 175 Å². The lowest BCUT2D eigenvalue weighted by Crippen LogP contribution is -2.53. The molecule has 0 aromatic heterocycles. The zero-order chi connectivity index (χ0) is 21.4. The van der Waals surface area contributed by atoms with Crippen LogP contribution in [0.1, 0.15) is 24.8 Å². The summed E-state index contributed by atoms with van der Waals surface area (Å²) in [4.78, 5) is 8.86. The molecule has 9 heteroatoms. The summed E-state index contributed by atoms with van der Waals surface area (Å²) in [6.45, 7) is 5.27. The SMILES string of the molecule is CNC1=C(C(F)(F)F)C=NC(N)(c2ccc(N3CCN(CC4CCC4)CC3)cc2)N1. The van der Waals surface area contributed by atoms with Crippen molar-refractivity contribution < 1.29 is 13.2 Å². The van der Waals surface area contributed by atoms with Gasteiger partial charge < -0.3 is 15.5 Å². The van der Waals surface area contributed by atoms with Gasteiger partial charge in [0, 0.05) is 57.2 Å². The number of allylic oxidation sites excluding steroid dienone is 1.